The average molecular weight is 448 g/mol. The number of anilines is 1. The van der Waals surface area contributed by atoms with Crippen molar-refractivity contribution < 1.29 is 27.5 Å². The van der Waals surface area contributed by atoms with Gasteiger partial charge >= 0.3 is 0 Å². The van der Waals surface area contributed by atoms with Crippen LogP contribution in [-0.2, 0) is 14.8 Å². The highest BCUT2D eigenvalue weighted by Gasteiger charge is 2.29. The summed E-state index contributed by atoms with van der Waals surface area (Å²) in [6.07, 6.45) is 0.964. The number of hydrogen-bond acceptors (Lipinski definition) is 6. The van der Waals surface area contributed by atoms with Crippen molar-refractivity contribution in [3.8, 4) is 11.5 Å². The van der Waals surface area contributed by atoms with E-state index in [1.54, 1.807) is 29.2 Å². The van der Waals surface area contributed by atoms with Crippen LogP contribution in [0.15, 0.2) is 47.4 Å². The van der Waals surface area contributed by atoms with E-state index in [2.05, 4.69) is 4.72 Å². The third-order valence-corrected chi connectivity index (χ3v) is 6.63. The Morgan fingerprint density at radius 1 is 1.06 bits per heavy atom. The number of rotatable bonds is 7. The van der Waals surface area contributed by atoms with Gasteiger partial charge in [-0.05, 0) is 37.1 Å². The summed E-state index contributed by atoms with van der Waals surface area (Å²) in [6.45, 7) is 0.745. The summed E-state index contributed by atoms with van der Waals surface area (Å²) in [4.78, 5) is 25.9. The molecule has 1 aliphatic heterocycles. The normalized spacial score (nSPS) is 14.7. The largest absolute Gasteiger partial charge is 0.497 e. The summed E-state index contributed by atoms with van der Waals surface area (Å²) in [6, 6.07) is 10.8. The first-order chi connectivity index (χ1) is 14.8. The number of nitrogens with one attached hydrogen (secondary N) is 1. The number of benzene rings is 2. The number of carbonyl (C=O) groups excluding carboxylic acids is 2. The van der Waals surface area contributed by atoms with Crippen molar-refractivity contribution in [3.63, 3.8) is 0 Å². The van der Waals surface area contributed by atoms with Gasteiger partial charge in [-0.2, -0.15) is 0 Å². The molecule has 10 heteroatoms. The number of primary amides is 1. The predicted octanol–water partition coefficient (Wildman–Crippen LogP) is 1.84. The molecular weight excluding hydrogens is 422 g/mol. The van der Waals surface area contributed by atoms with Gasteiger partial charge in [-0.3, -0.25) is 14.3 Å². The molecule has 1 fully saturated rings. The van der Waals surface area contributed by atoms with Crippen LogP contribution in [0.1, 0.15) is 23.2 Å². The highest BCUT2D eigenvalue weighted by atomic mass is 32.2. The maximum absolute atomic E-state index is 13.1. The zero-order valence-corrected chi connectivity index (χ0v) is 18.1. The van der Waals surface area contributed by atoms with Gasteiger partial charge in [0.25, 0.3) is 15.9 Å². The monoisotopic (exact) mass is 447 g/mol. The van der Waals surface area contributed by atoms with E-state index in [0.29, 0.717) is 31.7 Å². The lowest BCUT2D eigenvalue weighted by Gasteiger charge is -2.31. The second kappa shape index (κ2) is 9.25. The van der Waals surface area contributed by atoms with Gasteiger partial charge in [0, 0.05) is 25.1 Å². The topological polar surface area (TPSA) is 128 Å². The molecule has 31 heavy (non-hydrogen) atoms. The van der Waals surface area contributed by atoms with Gasteiger partial charge in [0.2, 0.25) is 5.91 Å². The van der Waals surface area contributed by atoms with E-state index in [9.17, 15) is 18.0 Å². The number of ether oxygens (including phenoxy) is 2. The van der Waals surface area contributed by atoms with Crippen LogP contribution in [0.3, 0.4) is 0 Å². The molecule has 0 unspecified atom stereocenters. The smallest absolute Gasteiger partial charge is 0.265 e. The molecule has 0 saturated carbocycles. The van der Waals surface area contributed by atoms with E-state index in [1.807, 2.05) is 0 Å². The first-order valence-corrected chi connectivity index (χ1v) is 11.2. The highest BCUT2D eigenvalue weighted by Crippen LogP contribution is 2.31. The van der Waals surface area contributed by atoms with Gasteiger partial charge < -0.3 is 20.1 Å². The number of para-hydroxylation sites is 1. The van der Waals surface area contributed by atoms with E-state index < -0.39 is 10.0 Å². The third-order valence-electron chi connectivity index (χ3n) is 5.25. The molecule has 0 spiro atoms. The van der Waals surface area contributed by atoms with Gasteiger partial charge in [0.05, 0.1) is 25.5 Å². The number of likely N-dealkylation sites (tertiary alicyclic amines) is 1. The van der Waals surface area contributed by atoms with Crippen LogP contribution in [-0.4, -0.2) is 52.4 Å². The van der Waals surface area contributed by atoms with E-state index in [0.717, 1.165) is 0 Å². The summed E-state index contributed by atoms with van der Waals surface area (Å²) >= 11 is 0. The number of carbonyl (C=O) groups is 2. The Kier molecular flexibility index (Phi) is 6.69. The summed E-state index contributed by atoms with van der Waals surface area (Å²) in [5, 5.41) is 0. The minimum Gasteiger partial charge on any atom is -0.497 e. The first kappa shape index (κ1) is 22.4. The molecular formula is C21H25N3O6S. The van der Waals surface area contributed by atoms with Gasteiger partial charge in [-0.1, -0.05) is 12.1 Å². The Balaban J connectivity index is 1.87. The van der Waals surface area contributed by atoms with Crippen LogP contribution in [0.2, 0.25) is 0 Å². The molecule has 0 radical (unpaired) electrons. The molecule has 166 valence electrons. The van der Waals surface area contributed by atoms with Crippen molar-refractivity contribution in [2.24, 2.45) is 11.7 Å². The second-order valence-corrected chi connectivity index (χ2v) is 8.79. The van der Waals surface area contributed by atoms with Crippen molar-refractivity contribution >= 4 is 27.5 Å². The number of methoxy groups -OCH3 is 2. The fourth-order valence-electron chi connectivity index (χ4n) is 3.49. The van der Waals surface area contributed by atoms with Crippen LogP contribution in [0, 0.1) is 5.92 Å². The molecule has 1 heterocycles. The maximum Gasteiger partial charge on any atom is 0.265 e. The molecule has 0 aromatic heterocycles. The van der Waals surface area contributed by atoms with E-state index in [4.69, 9.17) is 15.2 Å². The highest BCUT2D eigenvalue weighted by molar-refractivity contribution is 7.92. The molecule has 0 atom stereocenters. The van der Waals surface area contributed by atoms with Crippen molar-refractivity contribution in [2.75, 3.05) is 32.0 Å². The van der Waals surface area contributed by atoms with Crippen LogP contribution >= 0.6 is 0 Å². The SMILES string of the molecule is COc1ccc(OC)c(S(=O)(=O)Nc2ccccc2C(=O)N2CCC(C(N)=O)CC2)c1. The Hall–Kier alpha value is -3.27. The van der Waals surface area contributed by atoms with Crippen LogP contribution in [0.25, 0.3) is 0 Å². The maximum atomic E-state index is 13.1. The number of sulfonamides is 1. The number of amides is 2. The van der Waals surface area contributed by atoms with Crippen LogP contribution in [0.4, 0.5) is 5.69 Å². The van der Waals surface area contributed by atoms with Gasteiger partial charge in [-0.25, -0.2) is 8.42 Å². The third kappa shape index (κ3) is 4.91. The number of piperidine rings is 1. The molecule has 0 aliphatic carbocycles. The molecule has 3 N–H and O–H groups in total. The van der Waals surface area contributed by atoms with Gasteiger partial charge in [-0.15, -0.1) is 0 Å². The minimum absolute atomic E-state index is 0.112. The van der Waals surface area contributed by atoms with Gasteiger partial charge in [0.1, 0.15) is 16.4 Å². The molecule has 3 rings (SSSR count). The standard InChI is InChI=1S/C21H25N3O6S/c1-29-15-7-8-18(30-2)19(13-15)31(27,28)23-17-6-4-3-5-16(17)21(26)24-11-9-14(10-12-24)20(22)25/h3-8,13-14,23H,9-12H2,1-2H3,(H2,22,25). The quantitative estimate of drug-likeness (QED) is 0.667. The van der Waals surface area contributed by atoms with E-state index in [1.165, 1.54) is 32.4 Å². The number of nitrogens with zero attached hydrogens (tertiary/aromatic N) is 1. The zero-order chi connectivity index (χ0) is 22.6. The second-order valence-electron chi connectivity index (χ2n) is 7.14. The summed E-state index contributed by atoms with van der Waals surface area (Å²) in [5.41, 5.74) is 5.72. The number of nitrogens with two attached hydrogens (primary N) is 1. The molecule has 1 saturated heterocycles. The Bertz CT molecular complexity index is 1080. The van der Waals surface area contributed by atoms with E-state index in [-0.39, 0.29) is 39.6 Å². The average Bonchev–Trinajstić information content (AvgIpc) is 2.78. The minimum atomic E-state index is -4.08. The fourth-order valence-corrected chi connectivity index (χ4v) is 4.75. The molecule has 9 nitrogen and oxygen atoms in total. The van der Waals surface area contributed by atoms with Gasteiger partial charge in [0.15, 0.2) is 0 Å². The lowest BCUT2D eigenvalue weighted by atomic mass is 9.96. The molecule has 2 aromatic carbocycles. The lowest BCUT2D eigenvalue weighted by Crippen LogP contribution is -2.42. The van der Waals surface area contributed by atoms with Crippen molar-refractivity contribution in [1.82, 2.24) is 4.90 Å². The molecule has 2 amide bonds. The first-order valence-electron chi connectivity index (χ1n) is 9.69. The summed E-state index contributed by atoms with van der Waals surface area (Å²) in [5.74, 6) is -0.446. The van der Waals surface area contributed by atoms with Crippen molar-refractivity contribution in [3.05, 3.63) is 48.0 Å². The number of hydrogen-bond donors (Lipinski definition) is 2. The van der Waals surface area contributed by atoms with Crippen molar-refractivity contribution in [2.45, 2.75) is 17.7 Å². The fraction of sp³-hybridized carbons (Fsp3) is 0.333. The van der Waals surface area contributed by atoms with Crippen LogP contribution in [0.5, 0.6) is 11.5 Å². The predicted molar refractivity (Wildman–Crippen MR) is 115 cm³/mol. The lowest BCUT2D eigenvalue weighted by molar-refractivity contribution is -0.123. The Morgan fingerprint density at radius 3 is 2.35 bits per heavy atom. The molecule has 1 aliphatic rings. The molecule has 0 bridgehead atoms. The van der Waals surface area contributed by atoms with Crippen LogP contribution < -0.4 is 19.9 Å². The van der Waals surface area contributed by atoms with Crippen molar-refractivity contribution in [1.29, 1.82) is 0 Å². The van der Waals surface area contributed by atoms with E-state index >= 15 is 0 Å². The zero-order valence-electron chi connectivity index (χ0n) is 17.3. The Labute approximate surface area is 181 Å². The Morgan fingerprint density at radius 2 is 1.74 bits per heavy atom. The summed E-state index contributed by atoms with van der Waals surface area (Å²) < 4.78 is 39.0. The molecule has 2 aromatic rings. The summed E-state index contributed by atoms with van der Waals surface area (Å²) in [7, 11) is -1.28.